The Balaban J connectivity index is 1.16. The highest BCUT2D eigenvalue weighted by molar-refractivity contribution is 7.94. The molecule has 2 aromatic carbocycles. The minimum Gasteiger partial charge on any atom is -0.490 e. The van der Waals surface area contributed by atoms with Crippen molar-refractivity contribution in [2.24, 2.45) is 27.5 Å². The molecule has 7 aliphatic rings. The highest BCUT2D eigenvalue weighted by Crippen LogP contribution is 2.59. The number of halogens is 1. The summed E-state index contributed by atoms with van der Waals surface area (Å²) in [6.45, 7) is 6.75. The number of allylic oxidation sites excluding steroid dienone is 1. The van der Waals surface area contributed by atoms with Crippen LogP contribution in [0.1, 0.15) is 86.7 Å². The molecule has 10 heteroatoms. The number of nitrogens with zero attached hydrogens (tertiary/aromatic N) is 2. The summed E-state index contributed by atoms with van der Waals surface area (Å²) in [4.78, 5) is 30.1. The minimum absolute atomic E-state index is 0.0253. The lowest BCUT2D eigenvalue weighted by molar-refractivity contribution is -0.120. The Morgan fingerprint density at radius 1 is 1.16 bits per heavy atom. The average Bonchev–Trinajstić information content (AvgIpc) is 3.50. The van der Waals surface area contributed by atoms with Gasteiger partial charge in [-0.25, -0.2) is 4.21 Å². The van der Waals surface area contributed by atoms with Crippen LogP contribution in [0.2, 0.25) is 5.02 Å². The summed E-state index contributed by atoms with van der Waals surface area (Å²) in [5.41, 5.74) is 3.26. The predicted molar refractivity (Wildman–Crippen MR) is 200 cm³/mol. The molecule has 0 N–H and O–H groups in total. The highest BCUT2D eigenvalue weighted by Gasteiger charge is 2.60. The molecule has 0 aromatic heterocycles. The Labute approximate surface area is 307 Å². The first-order chi connectivity index (χ1) is 24.4. The Kier molecular flexibility index (Phi) is 9.21. The van der Waals surface area contributed by atoms with E-state index in [1.165, 1.54) is 11.1 Å². The lowest BCUT2D eigenvalue weighted by Crippen LogP contribution is -2.49. The number of benzene rings is 2. The Morgan fingerprint density at radius 2 is 2.00 bits per heavy atom. The predicted octanol–water partition coefficient (Wildman–Crippen LogP) is 7.59. The van der Waals surface area contributed by atoms with E-state index in [9.17, 15) is 13.8 Å². The van der Waals surface area contributed by atoms with Gasteiger partial charge in [0.1, 0.15) is 11.5 Å². The van der Waals surface area contributed by atoms with Gasteiger partial charge in [0, 0.05) is 53.8 Å². The second kappa shape index (κ2) is 13.3. The van der Waals surface area contributed by atoms with Crippen LogP contribution in [0.4, 0.5) is 5.69 Å². The molecule has 4 fully saturated rings. The molecular weight excluding hydrogens is 684 g/mol. The van der Waals surface area contributed by atoms with Crippen molar-refractivity contribution < 1.29 is 28.0 Å². The normalized spacial score (nSPS) is 37.9. The molecule has 4 aliphatic heterocycles. The highest BCUT2D eigenvalue weighted by atomic mass is 35.5. The van der Waals surface area contributed by atoms with Crippen LogP contribution in [0, 0.1) is 23.2 Å². The number of carbonyl (C=O) groups excluding carboxylic acids is 2. The molecule has 8 nitrogen and oxygen atoms in total. The number of ether oxygens (including phenoxy) is 3. The molecule has 2 saturated carbocycles. The molecular formula is C41H51ClN2O6S. The quantitative estimate of drug-likeness (QED) is 0.292. The van der Waals surface area contributed by atoms with Crippen LogP contribution in [0.15, 0.2) is 52.9 Å². The number of aryl methyl sites for hydroxylation is 1. The third kappa shape index (κ3) is 6.81. The van der Waals surface area contributed by atoms with Gasteiger partial charge in [0.2, 0.25) is 0 Å². The van der Waals surface area contributed by atoms with Crippen molar-refractivity contribution in [3.05, 3.63) is 70.3 Å². The van der Waals surface area contributed by atoms with Crippen molar-refractivity contribution in [1.29, 1.82) is 0 Å². The third-order valence-electron chi connectivity index (χ3n) is 12.8. The van der Waals surface area contributed by atoms with E-state index in [0.717, 1.165) is 74.5 Å². The number of amides is 1. The smallest absolute Gasteiger partial charge is 0.285 e. The molecule has 4 heterocycles. The molecule has 0 unspecified atom stereocenters. The lowest BCUT2D eigenvalue weighted by atomic mass is 9.61. The van der Waals surface area contributed by atoms with Gasteiger partial charge in [-0.3, -0.25) is 9.59 Å². The molecule has 274 valence electrons. The van der Waals surface area contributed by atoms with E-state index in [2.05, 4.69) is 40.5 Å². The van der Waals surface area contributed by atoms with E-state index >= 15 is 0 Å². The van der Waals surface area contributed by atoms with Crippen molar-refractivity contribution in [3.8, 4) is 5.75 Å². The summed E-state index contributed by atoms with van der Waals surface area (Å²) in [5.74, 6) is 0.783. The van der Waals surface area contributed by atoms with Crippen LogP contribution in [-0.2, 0) is 35.8 Å². The maximum absolute atomic E-state index is 14.7. The number of fused-ring (bicyclic) bond motifs is 5. The molecule has 1 amide bonds. The largest absolute Gasteiger partial charge is 0.490 e. The van der Waals surface area contributed by atoms with E-state index in [0.29, 0.717) is 43.5 Å². The van der Waals surface area contributed by atoms with Crippen molar-refractivity contribution in [3.63, 3.8) is 0 Å². The molecule has 6 atom stereocenters. The molecule has 3 aliphatic carbocycles. The maximum atomic E-state index is 14.7. The van der Waals surface area contributed by atoms with Crippen LogP contribution in [-0.4, -0.2) is 72.5 Å². The van der Waals surface area contributed by atoms with Gasteiger partial charge in [0.15, 0.2) is 0 Å². The first-order valence-electron chi connectivity index (χ1n) is 18.8. The fraction of sp³-hybridized carbons (Fsp3) is 0.610. The topological polar surface area (TPSA) is 94.5 Å². The van der Waals surface area contributed by atoms with Crippen LogP contribution in [0.3, 0.4) is 0 Å². The van der Waals surface area contributed by atoms with E-state index in [-0.39, 0.29) is 45.7 Å². The van der Waals surface area contributed by atoms with Crippen LogP contribution in [0.25, 0.3) is 0 Å². The van der Waals surface area contributed by atoms with Crippen LogP contribution < -0.4 is 9.64 Å². The Hall–Kier alpha value is -2.72. The van der Waals surface area contributed by atoms with E-state index < -0.39 is 15.6 Å². The number of carbonyl (C=O) groups is 2. The number of hydrogen-bond acceptors (Lipinski definition) is 7. The summed E-state index contributed by atoms with van der Waals surface area (Å²) >= 11 is 6.47. The summed E-state index contributed by atoms with van der Waals surface area (Å²) in [7, 11) is -1.41. The summed E-state index contributed by atoms with van der Waals surface area (Å²) in [5, 5.41) is 0.752. The van der Waals surface area contributed by atoms with Crippen LogP contribution >= 0.6 is 11.6 Å². The standard InChI is InChI=1S/C41H51ClN2O6S/c1-27-6-4-8-36(48-3)33-12-9-30(33)19-44-24-41(15-5-7-28-16-31(42)11-13-34(28)41)26-49-37-14-10-29(17-35(37)44)38(46)43-51(47,20-27)21-32(45)18-40-22-39(2,23-40)50-25-40/h4,8,10-11,13-14,16-17,27,30,33,36H,5-7,9,12,15,18-26H2,1-3H3/b8-4+/t27-,30-,33+,36-,39?,40?,41-,51+/m0/s1. The zero-order chi connectivity index (χ0) is 35.6. The number of anilines is 1. The molecule has 1 spiro atoms. The third-order valence-corrected chi connectivity index (χ3v) is 15.3. The Morgan fingerprint density at radius 3 is 2.75 bits per heavy atom. The molecule has 0 radical (unpaired) electrons. The number of rotatable bonds is 5. The number of ketones is 1. The van der Waals surface area contributed by atoms with Gasteiger partial charge in [-0.05, 0) is 118 Å². The van der Waals surface area contributed by atoms with Crippen molar-refractivity contribution in [2.45, 2.75) is 88.8 Å². The molecule has 51 heavy (non-hydrogen) atoms. The maximum Gasteiger partial charge on any atom is 0.285 e. The van der Waals surface area contributed by atoms with Gasteiger partial charge < -0.3 is 19.1 Å². The zero-order valence-electron chi connectivity index (χ0n) is 30.2. The first-order valence-corrected chi connectivity index (χ1v) is 21.0. The summed E-state index contributed by atoms with van der Waals surface area (Å²) < 4.78 is 37.8. The Bertz CT molecular complexity index is 1880. The van der Waals surface area contributed by atoms with Crippen LogP contribution in [0.5, 0.6) is 5.75 Å². The molecule has 2 aromatic rings. The lowest BCUT2D eigenvalue weighted by Gasteiger charge is -2.46. The SMILES string of the molecule is CO[C@H]1/C=C/C[C@H](C)C[S@@](=O)(CC(=O)CC23COC(C)(C2)C3)=NC(=O)c2ccc3c(c2)N(C[C@@H]2CC[C@H]21)C[C@@]1(CCCc2cc(Cl)ccc21)CO3. The first kappa shape index (κ1) is 35.3. The van der Waals surface area contributed by atoms with Crippen molar-refractivity contribution in [2.75, 3.05) is 49.8 Å². The van der Waals surface area contributed by atoms with Gasteiger partial charge in [-0.2, -0.15) is 4.36 Å². The number of Topliss-reactive ketones (excluding diaryl/α,β-unsaturated/α-hetero) is 1. The second-order valence-electron chi connectivity index (χ2n) is 17.0. The summed E-state index contributed by atoms with van der Waals surface area (Å²) in [6.07, 6.45) is 12.2. The molecule has 9 rings (SSSR count). The zero-order valence-corrected chi connectivity index (χ0v) is 31.7. The van der Waals surface area contributed by atoms with Gasteiger partial charge in [0.25, 0.3) is 5.91 Å². The van der Waals surface area contributed by atoms with E-state index in [4.69, 9.17) is 25.8 Å². The second-order valence-corrected chi connectivity index (χ2v) is 19.8. The van der Waals surface area contributed by atoms with Gasteiger partial charge >= 0.3 is 0 Å². The van der Waals surface area contributed by atoms with Gasteiger partial charge in [-0.15, -0.1) is 0 Å². The molecule has 4 bridgehead atoms. The number of hydrogen-bond donors (Lipinski definition) is 0. The monoisotopic (exact) mass is 734 g/mol. The van der Waals surface area contributed by atoms with Crippen molar-refractivity contribution in [1.82, 2.24) is 0 Å². The number of methoxy groups -OCH3 is 1. The van der Waals surface area contributed by atoms with Gasteiger partial charge in [-0.1, -0.05) is 36.7 Å². The molecule has 2 saturated heterocycles. The fourth-order valence-corrected chi connectivity index (χ4v) is 12.9. The average molecular weight is 735 g/mol. The van der Waals surface area contributed by atoms with Gasteiger partial charge in [0.05, 0.1) is 46.1 Å². The van der Waals surface area contributed by atoms with E-state index in [1.54, 1.807) is 13.2 Å². The fourth-order valence-electron chi connectivity index (χ4n) is 10.4. The summed E-state index contributed by atoms with van der Waals surface area (Å²) in [6, 6.07) is 11.8. The van der Waals surface area contributed by atoms with E-state index in [1.807, 2.05) is 25.1 Å². The minimum atomic E-state index is -3.19. The van der Waals surface area contributed by atoms with Crippen molar-refractivity contribution >= 4 is 38.7 Å².